The summed E-state index contributed by atoms with van der Waals surface area (Å²) in [5.74, 6) is 0.842. The number of para-hydroxylation sites is 2. The Bertz CT molecular complexity index is 1390. The number of benzene rings is 5. The van der Waals surface area contributed by atoms with Crippen molar-refractivity contribution in [1.82, 2.24) is 0 Å². The van der Waals surface area contributed by atoms with E-state index in [0.717, 1.165) is 17.1 Å². The predicted octanol–water partition coefficient (Wildman–Crippen LogP) is 7.86. The summed E-state index contributed by atoms with van der Waals surface area (Å²) in [4.78, 5) is 2.36. The number of ether oxygens (including phenoxy) is 1. The topological polar surface area (TPSA) is 12.5 Å². The fraction of sp³-hybridized carbons (Fsp3) is 0.0625. The number of fused-ring (bicyclic) bond motifs is 2. The lowest BCUT2D eigenvalue weighted by molar-refractivity contribution is 0.414. The molecule has 0 amide bonds. The zero-order valence-electron chi connectivity index (χ0n) is 19.1. The lowest BCUT2D eigenvalue weighted by atomic mass is 9.62. The van der Waals surface area contributed by atoms with Crippen LogP contribution in [0.4, 0.5) is 17.1 Å². The molecule has 164 valence electrons. The molecule has 0 spiro atoms. The quantitative estimate of drug-likeness (QED) is 0.277. The predicted molar refractivity (Wildman–Crippen MR) is 140 cm³/mol. The van der Waals surface area contributed by atoms with Crippen molar-refractivity contribution in [3.05, 3.63) is 156 Å². The Hall–Kier alpha value is -4.30. The van der Waals surface area contributed by atoms with E-state index in [0.29, 0.717) is 0 Å². The third kappa shape index (κ3) is 2.96. The van der Waals surface area contributed by atoms with Crippen molar-refractivity contribution in [2.24, 2.45) is 0 Å². The molecule has 0 bridgehead atoms. The third-order valence-corrected chi connectivity index (χ3v) is 6.83. The highest BCUT2D eigenvalue weighted by atomic mass is 16.5. The van der Waals surface area contributed by atoms with Gasteiger partial charge in [0.1, 0.15) is 5.75 Å². The van der Waals surface area contributed by atoms with E-state index in [9.17, 15) is 0 Å². The summed E-state index contributed by atoms with van der Waals surface area (Å²) in [5.41, 5.74) is 7.92. The molecule has 0 N–H and O–H groups in total. The first-order valence-corrected chi connectivity index (χ1v) is 11.6. The molecule has 0 saturated heterocycles. The van der Waals surface area contributed by atoms with E-state index in [1.165, 1.54) is 27.9 Å². The Kier molecular flexibility index (Phi) is 4.92. The van der Waals surface area contributed by atoms with Gasteiger partial charge in [0.05, 0.1) is 23.9 Å². The van der Waals surface area contributed by atoms with Gasteiger partial charge in [-0.2, -0.15) is 0 Å². The minimum absolute atomic E-state index is 0.466. The Morgan fingerprint density at radius 2 is 1.06 bits per heavy atom. The average Bonchev–Trinajstić information content (AvgIpc) is 2.93. The molecule has 1 aliphatic rings. The summed E-state index contributed by atoms with van der Waals surface area (Å²) in [7, 11) is 1.73. The van der Waals surface area contributed by atoms with Crippen LogP contribution in [0.2, 0.25) is 0 Å². The normalized spacial score (nSPS) is 13.6. The third-order valence-electron chi connectivity index (χ3n) is 6.83. The van der Waals surface area contributed by atoms with Gasteiger partial charge < -0.3 is 9.64 Å². The highest BCUT2D eigenvalue weighted by Crippen LogP contribution is 2.58. The minimum atomic E-state index is -0.466. The summed E-state index contributed by atoms with van der Waals surface area (Å²) >= 11 is 0. The maximum absolute atomic E-state index is 5.71. The van der Waals surface area contributed by atoms with Crippen molar-refractivity contribution in [1.29, 1.82) is 0 Å². The van der Waals surface area contributed by atoms with E-state index in [2.05, 4.69) is 138 Å². The highest BCUT2D eigenvalue weighted by Gasteiger charge is 2.46. The van der Waals surface area contributed by atoms with E-state index >= 15 is 0 Å². The second kappa shape index (κ2) is 8.24. The highest BCUT2D eigenvalue weighted by molar-refractivity contribution is 5.89. The van der Waals surface area contributed by atoms with Crippen molar-refractivity contribution >= 4 is 17.1 Å². The van der Waals surface area contributed by atoms with Crippen LogP contribution in [0.15, 0.2) is 133 Å². The molecular weight excluding hydrogens is 414 g/mol. The van der Waals surface area contributed by atoms with Gasteiger partial charge in [0.25, 0.3) is 0 Å². The van der Waals surface area contributed by atoms with Crippen LogP contribution in [0.1, 0.15) is 22.3 Å². The molecule has 0 atom stereocenters. The zero-order chi connectivity index (χ0) is 23.0. The summed E-state index contributed by atoms with van der Waals surface area (Å²) in [6, 6.07) is 47.5. The first-order valence-electron chi connectivity index (χ1n) is 11.6. The van der Waals surface area contributed by atoms with Crippen molar-refractivity contribution in [3.63, 3.8) is 0 Å². The standard InChI is InChI=1S/C32H25NO/c1-34-27-21-22-29-31(23-27)33(26-17-9-4-10-18-26)30-20-12-11-19-28(30)32(29,24-13-5-2-6-14-24)25-15-7-3-8-16-25/h2-23H,1H3. The van der Waals surface area contributed by atoms with Gasteiger partial charge in [-0.25, -0.2) is 0 Å². The van der Waals surface area contributed by atoms with Gasteiger partial charge in [-0.3, -0.25) is 0 Å². The molecule has 34 heavy (non-hydrogen) atoms. The first-order chi connectivity index (χ1) is 16.8. The molecule has 0 saturated carbocycles. The lowest BCUT2D eigenvalue weighted by Crippen LogP contribution is -2.37. The van der Waals surface area contributed by atoms with Gasteiger partial charge in [0.15, 0.2) is 0 Å². The van der Waals surface area contributed by atoms with Crippen LogP contribution >= 0.6 is 0 Å². The monoisotopic (exact) mass is 439 g/mol. The Morgan fingerprint density at radius 3 is 1.68 bits per heavy atom. The van der Waals surface area contributed by atoms with Gasteiger partial charge in [-0.1, -0.05) is 103 Å². The van der Waals surface area contributed by atoms with Crippen molar-refractivity contribution in [2.75, 3.05) is 12.0 Å². The zero-order valence-corrected chi connectivity index (χ0v) is 19.1. The number of hydrogen-bond donors (Lipinski definition) is 0. The molecule has 1 aliphatic heterocycles. The molecule has 0 aliphatic carbocycles. The van der Waals surface area contributed by atoms with E-state index in [-0.39, 0.29) is 0 Å². The van der Waals surface area contributed by atoms with E-state index in [4.69, 9.17) is 4.74 Å². The number of methoxy groups -OCH3 is 1. The molecule has 2 heteroatoms. The fourth-order valence-corrected chi connectivity index (χ4v) is 5.42. The van der Waals surface area contributed by atoms with Crippen LogP contribution in [-0.4, -0.2) is 7.11 Å². The number of anilines is 3. The summed E-state index contributed by atoms with van der Waals surface area (Å²) in [6.07, 6.45) is 0. The van der Waals surface area contributed by atoms with Crippen molar-refractivity contribution < 1.29 is 4.74 Å². The maximum Gasteiger partial charge on any atom is 0.120 e. The van der Waals surface area contributed by atoms with Crippen LogP contribution in [0, 0.1) is 0 Å². The SMILES string of the molecule is COc1ccc2c(c1)N(c1ccccc1)c1ccccc1C2(c1ccccc1)c1ccccc1. The smallest absolute Gasteiger partial charge is 0.120 e. The molecule has 5 aromatic rings. The Balaban J connectivity index is 1.79. The summed E-state index contributed by atoms with van der Waals surface area (Å²) < 4.78 is 5.71. The Labute approximate surface area is 200 Å². The maximum atomic E-state index is 5.71. The number of rotatable bonds is 4. The van der Waals surface area contributed by atoms with Crippen molar-refractivity contribution in [3.8, 4) is 5.75 Å². The van der Waals surface area contributed by atoms with Gasteiger partial charge >= 0.3 is 0 Å². The second-order valence-corrected chi connectivity index (χ2v) is 8.55. The van der Waals surface area contributed by atoms with Gasteiger partial charge in [0.2, 0.25) is 0 Å². The van der Waals surface area contributed by atoms with Gasteiger partial charge in [0, 0.05) is 11.8 Å². The largest absolute Gasteiger partial charge is 0.497 e. The minimum Gasteiger partial charge on any atom is -0.497 e. The van der Waals surface area contributed by atoms with Gasteiger partial charge in [-0.15, -0.1) is 0 Å². The van der Waals surface area contributed by atoms with E-state index < -0.39 is 5.41 Å². The molecular formula is C32H25NO. The molecule has 1 heterocycles. The van der Waals surface area contributed by atoms with E-state index in [1.54, 1.807) is 7.11 Å². The second-order valence-electron chi connectivity index (χ2n) is 8.55. The average molecular weight is 440 g/mol. The number of hydrogen-bond acceptors (Lipinski definition) is 2. The van der Waals surface area contributed by atoms with Crippen molar-refractivity contribution in [2.45, 2.75) is 5.41 Å². The first kappa shape index (κ1) is 20.3. The summed E-state index contributed by atoms with van der Waals surface area (Å²) in [6.45, 7) is 0. The fourth-order valence-electron chi connectivity index (χ4n) is 5.42. The van der Waals surface area contributed by atoms with Crippen LogP contribution in [0.3, 0.4) is 0 Å². The molecule has 0 unspecified atom stereocenters. The van der Waals surface area contributed by atoms with Crippen LogP contribution in [0.5, 0.6) is 5.75 Å². The van der Waals surface area contributed by atoms with Gasteiger partial charge in [-0.05, 0) is 46.5 Å². The van der Waals surface area contributed by atoms with Crippen LogP contribution in [0.25, 0.3) is 0 Å². The molecule has 6 rings (SSSR count). The lowest BCUT2D eigenvalue weighted by Gasteiger charge is -2.46. The molecule has 0 fully saturated rings. The molecule has 5 aromatic carbocycles. The molecule has 0 aromatic heterocycles. The summed E-state index contributed by atoms with van der Waals surface area (Å²) in [5, 5.41) is 0. The Morgan fingerprint density at radius 1 is 0.529 bits per heavy atom. The van der Waals surface area contributed by atoms with Crippen LogP contribution < -0.4 is 9.64 Å². The molecule has 0 radical (unpaired) electrons. The number of nitrogens with zero attached hydrogens (tertiary/aromatic N) is 1. The van der Waals surface area contributed by atoms with Crippen LogP contribution in [-0.2, 0) is 5.41 Å². The van der Waals surface area contributed by atoms with E-state index in [1.807, 2.05) is 0 Å². The molecule has 2 nitrogen and oxygen atoms in total.